The lowest BCUT2D eigenvalue weighted by Crippen LogP contribution is -2.60. The van der Waals surface area contributed by atoms with Gasteiger partial charge in [-0.2, -0.15) is 0 Å². The summed E-state index contributed by atoms with van der Waals surface area (Å²) in [6.07, 6.45) is 0. The number of alkyl halides is 1. The van der Waals surface area contributed by atoms with Crippen molar-refractivity contribution in [3.63, 3.8) is 0 Å². The molecule has 98 valence electrons. The molecular weight excluding hydrogens is 347 g/mol. The molecule has 0 spiro atoms. The van der Waals surface area contributed by atoms with Gasteiger partial charge in [0.2, 0.25) is 0 Å². The summed E-state index contributed by atoms with van der Waals surface area (Å²) in [5.74, 6) is 0. The van der Waals surface area contributed by atoms with Gasteiger partial charge in [-0.1, -0.05) is 83.3 Å². The van der Waals surface area contributed by atoms with Gasteiger partial charge in [0, 0.05) is 19.1 Å². The minimum atomic E-state index is -0.160. The average molecular weight is 364 g/mol. The van der Waals surface area contributed by atoms with Crippen LogP contribution in [-0.2, 0) is 3.55 Å². The Hall–Kier alpha value is -0.910. The Labute approximate surface area is 127 Å². The Bertz CT molecular complexity index is 483. The highest BCUT2D eigenvalue weighted by Crippen LogP contribution is 2.37. The molecule has 3 heteroatoms. The van der Waals surface area contributed by atoms with Crippen LogP contribution in [0.4, 0.5) is 0 Å². The molecule has 3 rings (SSSR count). The summed E-state index contributed by atoms with van der Waals surface area (Å²) in [7, 11) is 0. The minimum Gasteiger partial charge on any atom is -0.314 e. The lowest BCUT2D eigenvalue weighted by molar-refractivity contribution is 0.339. The van der Waals surface area contributed by atoms with Crippen molar-refractivity contribution in [2.75, 3.05) is 13.1 Å². The van der Waals surface area contributed by atoms with Crippen molar-refractivity contribution < 1.29 is 0 Å². The van der Waals surface area contributed by atoms with Crippen LogP contribution in [-0.4, -0.2) is 19.1 Å². The van der Waals surface area contributed by atoms with Gasteiger partial charge in [0.1, 0.15) is 3.55 Å². The van der Waals surface area contributed by atoms with E-state index in [1.54, 1.807) is 0 Å². The summed E-state index contributed by atoms with van der Waals surface area (Å²) in [6, 6.07) is 21.9. The second kappa shape index (κ2) is 5.61. The molecule has 2 nitrogen and oxygen atoms in total. The number of hydrogen-bond acceptors (Lipinski definition) is 2. The van der Waals surface area contributed by atoms with E-state index in [1.807, 2.05) is 0 Å². The fourth-order valence-electron chi connectivity index (χ4n) is 2.34. The van der Waals surface area contributed by atoms with E-state index in [2.05, 4.69) is 93.9 Å². The van der Waals surface area contributed by atoms with Crippen LogP contribution in [0.25, 0.3) is 0 Å². The molecule has 0 atom stereocenters. The number of halogens is 1. The maximum Gasteiger partial charge on any atom is 0.122 e. The smallest absolute Gasteiger partial charge is 0.122 e. The van der Waals surface area contributed by atoms with Gasteiger partial charge >= 0.3 is 0 Å². The lowest BCUT2D eigenvalue weighted by Gasteiger charge is -2.38. The van der Waals surface area contributed by atoms with Crippen LogP contribution in [0.15, 0.2) is 60.7 Å². The third kappa shape index (κ3) is 2.68. The molecule has 1 fully saturated rings. The molecule has 0 bridgehead atoms. The predicted octanol–water partition coefficient (Wildman–Crippen LogP) is 2.88. The Morgan fingerprint density at radius 1 is 0.895 bits per heavy atom. The normalized spacial score (nSPS) is 16.1. The molecule has 1 aliphatic rings. The molecule has 1 saturated heterocycles. The molecule has 1 heterocycles. The maximum atomic E-state index is 3.79. The van der Waals surface area contributed by atoms with Gasteiger partial charge in [0.25, 0.3) is 0 Å². The van der Waals surface area contributed by atoms with Crippen molar-refractivity contribution in [3.8, 4) is 0 Å². The maximum absolute atomic E-state index is 3.79. The number of rotatable bonds is 4. The van der Waals surface area contributed by atoms with Crippen LogP contribution >= 0.6 is 22.6 Å². The summed E-state index contributed by atoms with van der Waals surface area (Å²) in [5.41, 5.74) is 2.60. The molecule has 0 radical (unpaired) electrons. The van der Waals surface area contributed by atoms with Gasteiger partial charge in [-0.05, 0) is 11.1 Å². The quantitative estimate of drug-likeness (QED) is 0.495. The highest BCUT2D eigenvalue weighted by Gasteiger charge is 2.34. The van der Waals surface area contributed by atoms with Crippen molar-refractivity contribution in [2.45, 2.75) is 9.59 Å². The van der Waals surface area contributed by atoms with Crippen LogP contribution in [0.3, 0.4) is 0 Å². The Kier molecular flexibility index (Phi) is 3.86. The molecule has 2 N–H and O–H groups in total. The van der Waals surface area contributed by atoms with Crippen molar-refractivity contribution in [2.24, 2.45) is 0 Å². The van der Waals surface area contributed by atoms with E-state index >= 15 is 0 Å². The third-order valence-electron chi connectivity index (χ3n) is 3.53. The molecular formula is C16H17IN2. The van der Waals surface area contributed by atoms with Crippen LogP contribution in [0.5, 0.6) is 0 Å². The lowest BCUT2D eigenvalue weighted by atomic mass is 9.97. The zero-order valence-corrected chi connectivity index (χ0v) is 12.8. The average Bonchev–Trinajstić information content (AvgIpc) is 2.45. The number of nitrogens with one attached hydrogen (secondary N) is 2. The number of hydrogen-bond donors (Lipinski definition) is 2. The van der Waals surface area contributed by atoms with E-state index < -0.39 is 0 Å². The molecule has 0 aliphatic carbocycles. The van der Waals surface area contributed by atoms with Crippen LogP contribution in [0.1, 0.15) is 11.1 Å². The van der Waals surface area contributed by atoms with Gasteiger partial charge in [0.15, 0.2) is 0 Å². The van der Waals surface area contributed by atoms with Crippen LogP contribution < -0.4 is 10.6 Å². The van der Waals surface area contributed by atoms with E-state index in [-0.39, 0.29) is 3.55 Å². The van der Waals surface area contributed by atoms with Gasteiger partial charge in [0.05, 0.1) is 0 Å². The summed E-state index contributed by atoms with van der Waals surface area (Å²) >= 11 is 2.54. The monoisotopic (exact) mass is 364 g/mol. The fraction of sp³-hybridized carbons (Fsp3) is 0.250. The van der Waals surface area contributed by atoms with E-state index in [1.165, 1.54) is 11.1 Å². The van der Waals surface area contributed by atoms with E-state index in [0.29, 0.717) is 6.04 Å². The summed E-state index contributed by atoms with van der Waals surface area (Å²) < 4.78 is -0.160. The highest BCUT2D eigenvalue weighted by atomic mass is 127. The van der Waals surface area contributed by atoms with Crippen molar-refractivity contribution >= 4 is 22.6 Å². The summed E-state index contributed by atoms with van der Waals surface area (Å²) in [4.78, 5) is 0. The molecule has 0 amide bonds. The van der Waals surface area contributed by atoms with Crippen molar-refractivity contribution in [1.29, 1.82) is 0 Å². The SMILES string of the molecule is IC(NC1CNC1)(c1ccccc1)c1ccccc1. The zero-order chi connectivity index (χ0) is 13.1. The molecule has 0 saturated carbocycles. The Balaban J connectivity index is 1.99. The molecule has 2 aromatic carbocycles. The molecule has 19 heavy (non-hydrogen) atoms. The standard InChI is InChI=1S/C16H17IN2/c17-16(19-15-11-18-12-15,13-7-3-1-4-8-13)14-9-5-2-6-10-14/h1-10,15,18-19H,11-12H2. The van der Waals surface area contributed by atoms with E-state index in [9.17, 15) is 0 Å². The van der Waals surface area contributed by atoms with Gasteiger partial charge in [-0.3, -0.25) is 5.32 Å². The first kappa shape index (κ1) is 13.1. The third-order valence-corrected chi connectivity index (χ3v) is 5.08. The minimum absolute atomic E-state index is 0.160. The predicted molar refractivity (Wildman–Crippen MR) is 87.5 cm³/mol. The molecule has 1 aliphatic heterocycles. The molecule has 0 aromatic heterocycles. The first-order valence-electron chi connectivity index (χ1n) is 6.57. The zero-order valence-electron chi connectivity index (χ0n) is 10.6. The molecule has 0 unspecified atom stereocenters. The fourth-order valence-corrected chi connectivity index (χ4v) is 3.50. The van der Waals surface area contributed by atoms with Gasteiger partial charge in [-0.25, -0.2) is 0 Å². The number of benzene rings is 2. The topological polar surface area (TPSA) is 24.1 Å². The second-order valence-electron chi connectivity index (χ2n) is 4.89. The van der Waals surface area contributed by atoms with Crippen LogP contribution in [0.2, 0.25) is 0 Å². The first-order valence-corrected chi connectivity index (χ1v) is 7.65. The van der Waals surface area contributed by atoms with E-state index in [4.69, 9.17) is 0 Å². The second-order valence-corrected chi connectivity index (χ2v) is 6.51. The molecule has 2 aromatic rings. The van der Waals surface area contributed by atoms with Crippen molar-refractivity contribution in [1.82, 2.24) is 10.6 Å². The van der Waals surface area contributed by atoms with Gasteiger partial charge < -0.3 is 5.32 Å². The first-order chi connectivity index (χ1) is 9.29. The highest BCUT2D eigenvalue weighted by molar-refractivity contribution is 14.1. The van der Waals surface area contributed by atoms with E-state index in [0.717, 1.165) is 13.1 Å². The summed E-state index contributed by atoms with van der Waals surface area (Å²) in [5, 5.41) is 7.11. The summed E-state index contributed by atoms with van der Waals surface area (Å²) in [6.45, 7) is 2.09. The van der Waals surface area contributed by atoms with Crippen LogP contribution in [0, 0.1) is 0 Å². The largest absolute Gasteiger partial charge is 0.314 e. The van der Waals surface area contributed by atoms with Gasteiger partial charge in [-0.15, -0.1) is 0 Å². The van der Waals surface area contributed by atoms with Crippen molar-refractivity contribution in [3.05, 3.63) is 71.8 Å². The Morgan fingerprint density at radius 2 is 1.37 bits per heavy atom. The Morgan fingerprint density at radius 3 is 1.74 bits per heavy atom.